The standard InChI is InChI=1S/C8H11.3CH3.Ti/c1-6-4-5-7(2)8(6)3;;;;/h4H2,1-3H3;3*1H3;. The van der Waals surface area contributed by atoms with Crippen LogP contribution in [0, 0.1) is 0 Å². The topological polar surface area (TPSA) is 0 Å². The molecular weight excluding hydrogens is 180 g/mol. The van der Waals surface area contributed by atoms with E-state index in [1.165, 1.54) is 6.42 Å². The van der Waals surface area contributed by atoms with Gasteiger partial charge >= 0.3 is 80.1 Å². The van der Waals surface area contributed by atoms with E-state index in [-0.39, 0.29) is 0 Å². The van der Waals surface area contributed by atoms with E-state index in [4.69, 9.17) is 0 Å². The van der Waals surface area contributed by atoms with Gasteiger partial charge in [0.25, 0.3) is 0 Å². The minimum absolute atomic E-state index is 1.28. The summed E-state index contributed by atoms with van der Waals surface area (Å²) in [6.07, 6.45) is 1.28. The quantitative estimate of drug-likeness (QED) is 0.553. The van der Waals surface area contributed by atoms with Crippen LogP contribution in [0.2, 0.25) is 15.7 Å². The van der Waals surface area contributed by atoms with Gasteiger partial charge in [0, 0.05) is 0 Å². The summed E-state index contributed by atoms with van der Waals surface area (Å²) >= 11 is -1.52. The first kappa shape index (κ1) is 10.3. The summed E-state index contributed by atoms with van der Waals surface area (Å²) in [6.45, 7) is 6.85. The number of rotatable bonds is 1. The van der Waals surface area contributed by atoms with Crippen molar-refractivity contribution in [3.8, 4) is 0 Å². The first-order valence-corrected chi connectivity index (χ1v) is 10.2. The zero-order valence-electron chi connectivity index (χ0n) is 9.21. The van der Waals surface area contributed by atoms with Crippen molar-refractivity contribution in [2.75, 3.05) is 0 Å². The van der Waals surface area contributed by atoms with Gasteiger partial charge in [-0.3, -0.25) is 0 Å². The fourth-order valence-corrected chi connectivity index (χ4v) is 5.20. The predicted octanol–water partition coefficient (Wildman–Crippen LogP) is 4.30. The monoisotopic (exact) mass is 200 g/mol. The molecule has 0 bridgehead atoms. The molecule has 1 heteroatoms. The number of hydrogen-bond acceptors (Lipinski definition) is 0. The average Bonchev–Trinajstić information content (AvgIpc) is 2.15. The van der Waals surface area contributed by atoms with Gasteiger partial charge in [0.15, 0.2) is 0 Å². The van der Waals surface area contributed by atoms with Gasteiger partial charge in [-0.2, -0.15) is 0 Å². The van der Waals surface area contributed by atoms with Gasteiger partial charge in [0.2, 0.25) is 0 Å². The number of allylic oxidation sites excluding steroid dienone is 4. The van der Waals surface area contributed by atoms with Crippen molar-refractivity contribution in [2.24, 2.45) is 0 Å². The Labute approximate surface area is 80.1 Å². The van der Waals surface area contributed by atoms with Gasteiger partial charge in [-0.15, -0.1) is 0 Å². The molecule has 0 fully saturated rings. The van der Waals surface area contributed by atoms with Crippen molar-refractivity contribution in [1.29, 1.82) is 0 Å². The van der Waals surface area contributed by atoms with Gasteiger partial charge in [0.05, 0.1) is 0 Å². The summed E-state index contributed by atoms with van der Waals surface area (Å²) in [7, 11) is 0. The fourth-order valence-electron chi connectivity index (χ4n) is 1.90. The molecule has 0 N–H and O–H groups in total. The van der Waals surface area contributed by atoms with E-state index in [0.717, 1.165) is 0 Å². The molecule has 0 atom stereocenters. The summed E-state index contributed by atoms with van der Waals surface area (Å²) in [5.41, 5.74) is 4.77. The molecule has 0 aromatic heterocycles. The van der Waals surface area contributed by atoms with Gasteiger partial charge in [-0.25, -0.2) is 0 Å². The summed E-state index contributed by atoms with van der Waals surface area (Å²) in [4.78, 5) is 0. The zero-order valence-corrected chi connectivity index (χ0v) is 10.8. The zero-order chi connectivity index (χ0) is 9.52. The normalized spacial score (nSPS) is 19.5. The van der Waals surface area contributed by atoms with E-state index in [2.05, 4.69) is 36.5 Å². The van der Waals surface area contributed by atoms with Gasteiger partial charge in [-0.1, -0.05) is 0 Å². The van der Waals surface area contributed by atoms with E-state index in [1.54, 1.807) is 16.7 Å². The van der Waals surface area contributed by atoms with Crippen LogP contribution in [0.15, 0.2) is 20.6 Å². The maximum atomic E-state index is 2.49. The second kappa shape index (κ2) is 3.16. The number of hydrogen-bond donors (Lipinski definition) is 0. The van der Waals surface area contributed by atoms with E-state index < -0.39 is 16.6 Å². The van der Waals surface area contributed by atoms with Crippen LogP contribution < -0.4 is 0 Å². The van der Waals surface area contributed by atoms with Crippen LogP contribution in [0.4, 0.5) is 0 Å². The van der Waals surface area contributed by atoms with Crippen molar-refractivity contribution in [2.45, 2.75) is 42.9 Å². The van der Waals surface area contributed by atoms with Gasteiger partial charge < -0.3 is 0 Å². The molecule has 0 aromatic carbocycles. The van der Waals surface area contributed by atoms with Crippen molar-refractivity contribution in [3.05, 3.63) is 20.6 Å². The third-order valence-electron chi connectivity index (χ3n) is 3.00. The maximum absolute atomic E-state index is 2.49. The minimum atomic E-state index is -1.52. The summed E-state index contributed by atoms with van der Waals surface area (Å²) in [5, 5.41) is 7.47. The molecule has 12 heavy (non-hydrogen) atoms. The third-order valence-corrected chi connectivity index (χ3v) is 6.69. The van der Waals surface area contributed by atoms with Gasteiger partial charge in [0.1, 0.15) is 0 Å². The predicted molar refractivity (Wildman–Crippen MR) is 53.3 cm³/mol. The molecule has 1 aliphatic carbocycles. The molecule has 68 valence electrons. The first-order chi connectivity index (χ1) is 5.34. The van der Waals surface area contributed by atoms with Gasteiger partial charge in [-0.05, 0) is 0 Å². The Hall–Kier alpha value is 0.194. The van der Waals surface area contributed by atoms with E-state index in [1.807, 2.05) is 3.88 Å². The fraction of sp³-hybridized carbons (Fsp3) is 0.636. The molecule has 0 spiro atoms. The second-order valence-electron chi connectivity index (χ2n) is 4.94. The molecular formula is C11H20Ti. The molecule has 0 aliphatic heterocycles. The van der Waals surface area contributed by atoms with Crippen LogP contribution in [0.5, 0.6) is 0 Å². The van der Waals surface area contributed by atoms with Crippen LogP contribution in [0.1, 0.15) is 27.2 Å². The molecule has 0 aromatic rings. The van der Waals surface area contributed by atoms with Crippen LogP contribution in [-0.2, 0) is 16.6 Å². The Morgan fingerprint density at radius 3 is 1.58 bits per heavy atom. The van der Waals surface area contributed by atoms with E-state index >= 15 is 0 Å². The van der Waals surface area contributed by atoms with Crippen LogP contribution >= 0.6 is 0 Å². The second-order valence-corrected chi connectivity index (χ2v) is 12.9. The Balaban J connectivity index is 3.03. The molecule has 0 nitrogen and oxygen atoms in total. The Morgan fingerprint density at radius 2 is 1.42 bits per heavy atom. The van der Waals surface area contributed by atoms with Crippen molar-refractivity contribution >= 4 is 0 Å². The summed E-state index contributed by atoms with van der Waals surface area (Å²) < 4.78 is 1.81. The third kappa shape index (κ3) is 1.75. The first-order valence-electron chi connectivity index (χ1n) is 4.71. The molecule has 1 rings (SSSR count). The Bertz CT molecular complexity index is 261. The Morgan fingerprint density at radius 1 is 0.917 bits per heavy atom. The molecule has 0 heterocycles. The SMILES string of the molecule is CC1=C(C)C(C)=[C]([Ti]([CH3])([CH3])[CH3])C1. The van der Waals surface area contributed by atoms with E-state index in [0.29, 0.717) is 0 Å². The van der Waals surface area contributed by atoms with Crippen molar-refractivity contribution < 1.29 is 16.6 Å². The molecule has 1 aliphatic rings. The van der Waals surface area contributed by atoms with Crippen LogP contribution in [-0.4, -0.2) is 0 Å². The van der Waals surface area contributed by atoms with Crippen molar-refractivity contribution in [1.82, 2.24) is 0 Å². The summed E-state index contributed by atoms with van der Waals surface area (Å²) in [6, 6.07) is 0. The molecule has 0 radical (unpaired) electrons. The average molecular weight is 200 g/mol. The molecule has 0 unspecified atom stereocenters. The summed E-state index contributed by atoms with van der Waals surface area (Å²) in [5.74, 6) is 0. The van der Waals surface area contributed by atoms with E-state index in [9.17, 15) is 0 Å². The Kier molecular flexibility index (Phi) is 2.70. The molecule has 0 saturated heterocycles. The van der Waals surface area contributed by atoms with Crippen molar-refractivity contribution in [3.63, 3.8) is 0 Å². The van der Waals surface area contributed by atoms with Crippen LogP contribution in [0.25, 0.3) is 0 Å². The molecule has 0 saturated carbocycles. The molecule has 0 amide bonds. The van der Waals surface area contributed by atoms with Crippen LogP contribution in [0.3, 0.4) is 0 Å².